The third kappa shape index (κ3) is 4.96. The molecule has 2 aromatic carbocycles. The van der Waals surface area contributed by atoms with Crippen LogP contribution in [0.1, 0.15) is 30.0 Å². The Kier molecular flexibility index (Phi) is 6.86. The number of nitrogens with one attached hydrogen (secondary N) is 3. The van der Waals surface area contributed by atoms with E-state index in [1.165, 1.54) is 37.1 Å². The van der Waals surface area contributed by atoms with Crippen molar-refractivity contribution in [3.05, 3.63) is 65.7 Å². The first-order chi connectivity index (χ1) is 12.8. The minimum atomic E-state index is 0.338. The summed E-state index contributed by atoms with van der Waals surface area (Å²) < 4.78 is 5.61. The lowest BCUT2D eigenvalue weighted by molar-refractivity contribution is -0.918. The third-order valence-electron chi connectivity index (χ3n) is 5.02. The summed E-state index contributed by atoms with van der Waals surface area (Å²) in [6.45, 7) is 3.95. The predicted octanol–water partition coefficient (Wildman–Crippen LogP) is 2.08. The number of para-hydroxylation sites is 1. The van der Waals surface area contributed by atoms with Crippen LogP contribution in [0.3, 0.4) is 0 Å². The van der Waals surface area contributed by atoms with Gasteiger partial charge >= 0.3 is 0 Å². The van der Waals surface area contributed by atoms with E-state index in [0.717, 1.165) is 18.8 Å². The lowest BCUT2D eigenvalue weighted by Gasteiger charge is -2.27. The smallest absolute Gasteiger partial charge is 0.166 e. The lowest BCUT2D eigenvalue weighted by Crippen LogP contribution is -3.11. The molecule has 1 aliphatic rings. The van der Waals surface area contributed by atoms with Crippen molar-refractivity contribution in [1.29, 1.82) is 0 Å². The molecule has 1 atom stereocenters. The molecule has 4 nitrogen and oxygen atoms in total. The van der Waals surface area contributed by atoms with E-state index in [1.54, 1.807) is 12.0 Å². The summed E-state index contributed by atoms with van der Waals surface area (Å²) >= 11 is 5.49. The van der Waals surface area contributed by atoms with Gasteiger partial charge in [-0.3, -0.25) is 0 Å². The molecule has 1 heterocycles. The number of ether oxygens (including phenoxy) is 1. The van der Waals surface area contributed by atoms with Gasteiger partial charge in [-0.25, -0.2) is 0 Å². The van der Waals surface area contributed by atoms with Crippen LogP contribution in [0, 0.1) is 0 Å². The van der Waals surface area contributed by atoms with E-state index < -0.39 is 0 Å². The highest BCUT2D eigenvalue weighted by molar-refractivity contribution is 7.80. The molecule has 0 aliphatic carbocycles. The summed E-state index contributed by atoms with van der Waals surface area (Å²) in [4.78, 5) is 1.60. The van der Waals surface area contributed by atoms with E-state index in [2.05, 4.69) is 34.9 Å². The fraction of sp³-hybridized carbons (Fsp3) is 0.381. The van der Waals surface area contributed by atoms with Crippen LogP contribution >= 0.6 is 12.2 Å². The van der Waals surface area contributed by atoms with Gasteiger partial charge < -0.3 is 20.3 Å². The van der Waals surface area contributed by atoms with Crippen LogP contribution in [0.5, 0.6) is 5.75 Å². The number of benzene rings is 2. The van der Waals surface area contributed by atoms with Crippen molar-refractivity contribution in [2.75, 3.05) is 26.7 Å². The van der Waals surface area contributed by atoms with Gasteiger partial charge in [-0.15, -0.1) is 0 Å². The molecule has 3 N–H and O–H groups in total. The maximum atomic E-state index is 5.61. The minimum Gasteiger partial charge on any atom is -0.496 e. The van der Waals surface area contributed by atoms with Crippen LogP contribution in [-0.2, 0) is 6.54 Å². The Morgan fingerprint density at radius 3 is 2.46 bits per heavy atom. The van der Waals surface area contributed by atoms with Crippen molar-refractivity contribution in [3.63, 3.8) is 0 Å². The SMILES string of the molecule is COc1ccccc1[C@@H](CNC(=S)NCc1ccccc1)[NH+]1CCCC1. The Morgan fingerprint density at radius 2 is 1.73 bits per heavy atom. The molecular formula is C21H28N3OS+. The standard InChI is InChI=1S/C21H27N3OS/c1-25-20-12-6-5-11-18(20)19(24-13-7-8-14-24)16-23-21(26)22-15-17-9-3-2-4-10-17/h2-6,9-12,19H,7-8,13-16H2,1H3,(H2,22,23,26)/p+1/t19-/m1/s1. The van der Waals surface area contributed by atoms with Gasteiger partial charge in [-0.2, -0.15) is 0 Å². The van der Waals surface area contributed by atoms with Crippen LogP contribution < -0.4 is 20.3 Å². The van der Waals surface area contributed by atoms with E-state index in [9.17, 15) is 0 Å². The molecular weight excluding hydrogens is 342 g/mol. The van der Waals surface area contributed by atoms with Gasteiger partial charge in [0.05, 0.1) is 32.3 Å². The highest BCUT2D eigenvalue weighted by Gasteiger charge is 2.29. The summed E-state index contributed by atoms with van der Waals surface area (Å²) in [6, 6.07) is 19.0. The Balaban J connectivity index is 1.61. The highest BCUT2D eigenvalue weighted by atomic mass is 32.1. The van der Waals surface area contributed by atoms with Crippen molar-refractivity contribution >= 4 is 17.3 Å². The molecule has 26 heavy (non-hydrogen) atoms. The van der Waals surface area contributed by atoms with Crippen molar-refractivity contribution in [2.45, 2.75) is 25.4 Å². The van der Waals surface area contributed by atoms with Crippen LogP contribution in [0.2, 0.25) is 0 Å². The van der Waals surface area contributed by atoms with Gasteiger partial charge in [0.1, 0.15) is 11.8 Å². The lowest BCUT2D eigenvalue weighted by atomic mass is 10.0. The molecule has 0 amide bonds. The number of rotatable bonds is 7. The number of thiocarbonyl (C=S) groups is 1. The first kappa shape index (κ1) is 18.7. The zero-order chi connectivity index (χ0) is 18.2. The average Bonchev–Trinajstić information content (AvgIpc) is 3.22. The Labute approximate surface area is 161 Å². The maximum absolute atomic E-state index is 5.61. The normalized spacial score (nSPS) is 15.4. The fourth-order valence-electron chi connectivity index (χ4n) is 3.64. The number of quaternary nitrogens is 1. The van der Waals surface area contributed by atoms with Crippen molar-refractivity contribution < 1.29 is 9.64 Å². The Bertz CT molecular complexity index is 701. The number of hydrogen-bond donors (Lipinski definition) is 3. The van der Waals surface area contributed by atoms with E-state index >= 15 is 0 Å². The second-order valence-corrected chi connectivity index (χ2v) is 7.12. The van der Waals surface area contributed by atoms with Crippen LogP contribution in [0.25, 0.3) is 0 Å². The maximum Gasteiger partial charge on any atom is 0.166 e. The summed E-state index contributed by atoms with van der Waals surface area (Å²) in [5.41, 5.74) is 2.48. The van der Waals surface area contributed by atoms with Crippen LogP contribution in [0.15, 0.2) is 54.6 Å². The van der Waals surface area contributed by atoms with E-state index in [4.69, 9.17) is 17.0 Å². The summed E-state index contributed by atoms with van der Waals surface area (Å²) in [7, 11) is 1.74. The summed E-state index contributed by atoms with van der Waals surface area (Å²) in [6.07, 6.45) is 2.58. The van der Waals surface area contributed by atoms with Gasteiger partial charge in [0.15, 0.2) is 5.11 Å². The van der Waals surface area contributed by atoms with Gasteiger partial charge in [0.25, 0.3) is 0 Å². The highest BCUT2D eigenvalue weighted by Crippen LogP contribution is 2.23. The molecule has 138 valence electrons. The Hall–Kier alpha value is -2.11. The molecule has 0 bridgehead atoms. The molecule has 0 unspecified atom stereocenters. The first-order valence-electron chi connectivity index (χ1n) is 9.31. The molecule has 2 aromatic rings. The van der Waals surface area contributed by atoms with Gasteiger partial charge in [0, 0.05) is 19.4 Å². The van der Waals surface area contributed by atoms with E-state index in [0.29, 0.717) is 11.2 Å². The predicted molar refractivity (Wildman–Crippen MR) is 110 cm³/mol. The summed E-state index contributed by atoms with van der Waals surface area (Å²) in [5, 5.41) is 7.43. The van der Waals surface area contributed by atoms with E-state index in [-0.39, 0.29) is 0 Å². The molecule has 1 saturated heterocycles. The molecule has 0 aromatic heterocycles. The monoisotopic (exact) mass is 370 g/mol. The van der Waals surface area contributed by atoms with Gasteiger partial charge in [0.2, 0.25) is 0 Å². The molecule has 0 saturated carbocycles. The van der Waals surface area contributed by atoms with Crippen molar-refractivity contribution in [3.8, 4) is 5.75 Å². The third-order valence-corrected chi connectivity index (χ3v) is 5.30. The van der Waals surface area contributed by atoms with Crippen LogP contribution in [0.4, 0.5) is 0 Å². The zero-order valence-corrected chi connectivity index (χ0v) is 16.1. The fourth-order valence-corrected chi connectivity index (χ4v) is 3.80. The Morgan fingerprint density at radius 1 is 1.04 bits per heavy atom. The topological polar surface area (TPSA) is 37.7 Å². The van der Waals surface area contributed by atoms with Gasteiger partial charge in [-0.05, 0) is 29.9 Å². The van der Waals surface area contributed by atoms with E-state index in [1.807, 2.05) is 30.3 Å². The number of likely N-dealkylation sites (tertiary alicyclic amines) is 1. The molecule has 1 fully saturated rings. The quantitative estimate of drug-likeness (QED) is 0.653. The largest absolute Gasteiger partial charge is 0.496 e. The second-order valence-electron chi connectivity index (χ2n) is 6.71. The molecule has 0 radical (unpaired) electrons. The first-order valence-corrected chi connectivity index (χ1v) is 9.72. The molecule has 0 spiro atoms. The number of methoxy groups -OCH3 is 1. The zero-order valence-electron chi connectivity index (χ0n) is 15.3. The molecule has 5 heteroatoms. The summed E-state index contributed by atoms with van der Waals surface area (Å²) in [5.74, 6) is 0.960. The van der Waals surface area contributed by atoms with Gasteiger partial charge in [-0.1, -0.05) is 42.5 Å². The van der Waals surface area contributed by atoms with Crippen molar-refractivity contribution in [2.24, 2.45) is 0 Å². The van der Waals surface area contributed by atoms with Crippen LogP contribution in [-0.4, -0.2) is 31.9 Å². The average molecular weight is 371 g/mol. The molecule has 3 rings (SSSR count). The van der Waals surface area contributed by atoms with Crippen molar-refractivity contribution in [1.82, 2.24) is 10.6 Å². The second kappa shape index (κ2) is 9.55. The minimum absolute atomic E-state index is 0.338. The number of hydrogen-bond acceptors (Lipinski definition) is 2. The molecule has 1 aliphatic heterocycles.